The summed E-state index contributed by atoms with van der Waals surface area (Å²) in [6.07, 6.45) is 6.77. The summed E-state index contributed by atoms with van der Waals surface area (Å²) in [5, 5.41) is 3.79. The van der Waals surface area contributed by atoms with E-state index in [1.807, 2.05) is 7.05 Å². The van der Waals surface area contributed by atoms with Crippen LogP contribution in [0.5, 0.6) is 0 Å². The van der Waals surface area contributed by atoms with E-state index in [9.17, 15) is 4.79 Å². The molecular formula is C19H32IN3O3. The third-order valence-electron chi connectivity index (χ3n) is 7.20. The first-order valence-corrected chi connectivity index (χ1v) is 9.78. The minimum atomic E-state index is -0.106. The van der Waals surface area contributed by atoms with Crippen molar-refractivity contribution in [3.05, 3.63) is 0 Å². The molecule has 5 unspecified atom stereocenters. The number of guanidine groups is 1. The predicted octanol–water partition coefficient (Wildman–Crippen LogP) is 2.27. The van der Waals surface area contributed by atoms with Crippen molar-refractivity contribution in [3.8, 4) is 0 Å². The number of hydrogen-bond acceptors (Lipinski definition) is 4. The maximum Gasteiger partial charge on any atom is 0.310 e. The SMILES string of the molecule is CN=C(NC1C2CCOC2C12CCCC2)N1CC(C)C(C(=O)OC)C1.I. The van der Waals surface area contributed by atoms with E-state index in [4.69, 9.17) is 9.47 Å². The molecule has 26 heavy (non-hydrogen) atoms. The molecule has 0 amide bonds. The lowest BCUT2D eigenvalue weighted by atomic mass is 9.54. The quantitative estimate of drug-likeness (QED) is 0.286. The van der Waals surface area contributed by atoms with Gasteiger partial charge >= 0.3 is 5.97 Å². The van der Waals surface area contributed by atoms with Crippen LogP contribution in [0.2, 0.25) is 0 Å². The van der Waals surface area contributed by atoms with Gasteiger partial charge in [-0.1, -0.05) is 19.8 Å². The first kappa shape index (κ1) is 20.2. The van der Waals surface area contributed by atoms with E-state index in [1.54, 1.807) is 0 Å². The Morgan fingerprint density at radius 3 is 2.69 bits per heavy atom. The summed E-state index contributed by atoms with van der Waals surface area (Å²) in [7, 11) is 3.32. The lowest BCUT2D eigenvalue weighted by Gasteiger charge is -2.57. The second-order valence-corrected chi connectivity index (χ2v) is 8.37. The number of likely N-dealkylation sites (tertiary alicyclic amines) is 1. The van der Waals surface area contributed by atoms with Crippen molar-refractivity contribution in [2.45, 2.75) is 51.2 Å². The average Bonchev–Trinajstić information content (AvgIpc) is 3.33. The highest BCUT2D eigenvalue weighted by atomic mass is 127. The molecule has 0 aromatic rings. The molecule has 2 saturated carbocycles. The summed E-state index contributed by atoms with van der Waals surface area (Å²) in [6.45, 7) is 4.57. The fourth-order valence-electron chi connectivity index (χ4n) is 5.94. The van der Waals surface area contributed by atoms with E-state index in [2.05, 4.69) is 22.1 Å². The van der Waals surface area contributed by atoms with Crippen LogP contribution in [0.1, 0.15) is 39.0 Å². The average molecular weight is 477 g/mol. The van der Waals surface area contributed by atoms with E-state index < -0.39 is 0 Å². The van der Waals surface area contributed by atoms with Crippen LogP contribution in [0.25, 0.3) is 0 Å². The van der Waals surface area contributed by atoms with Gasteiger partial charge in [-0.25, -0.2) is 0 Å². The summed E-state index contributed by atoms with van der Waals surface area (Å²) >= 11 is 0. The Hall–Kier alpha value is -0.570. The van der Waals surface area contributed by atoms with Gasteiger partial charge < -0.3 is 19.7 Å². The van der Waals surface area contributed by atoms with Crippen molar-refractivity contribution >= 4 is 35.9 Å². The van der Waals surface area contributed by atoms with Crippen molar-refractivity contribution in [3.63, 3.8) is 0 Å². The largest absolute Gasteiger partial charge is 0.469 e. The van der Waals surface area contributed by atoms with E-state index in [0.29, 0.717) is 30.0 Å². The van der Waals surface area contributed by atoms with Crippen molar-refractivity contribution in [1.29, 1.82) is 0 Å². The topological polar surface area (TPSA) is 63.2 Å². The van der Waals surface area contributed by atoms with E-state index in [-0.39, 0.29) is 41.8 Å². The standard InChI is InChI=1S/C19H31N3O3.HI/c1-12-10-22(11-14(12)17(23)24-3)18(20-2)21-15-13-6-9-25-16(13)19(15)7-4-5-8-19;/h12-16H,4-11H2,1-3H3,(H,20,21);1H. The summed E-state index contributed by atoms with van der Waals surface area (Å²) in [4.78, 5) is 18.8. The molecule has 7 heteroatoms. The molecule has 5 atom stereocenters. The summed E-state index contributed by atoms with van der Waals surface area (Å²) in [5.41, 5.74) is 0.310. The van der Waals surface area contributed by atoms with Gasteiger partial charge in [0.1, 0.15) is 0 Å². The van der Waals surface area contributed by atoms with Crippen molar-refractivity contribution in [2.24, 2.45) is 28.2 Å². The Kier molecular flexibility index (Phi) is 6.06. The fraction of sp³-hybridized carbons (Fsp3) is 0.895. The monoisotopic (exact) mass is 477 g/mol. The van der Waals surface area contributed by atoms with Crippen LogP contribution in [0.4, 0.5) is 0 Å². The zero-order valence-corrected chi connectivity index (χ0v) is 18.4. The van der Waals surface area contributed by atoms with Gasteiger partial charge in [-0.15, -0.1) is 24.0 Å². The number of halogens is 1. The number of fused-ring (bicyclic) bond motifs is 2. The highest BCUT2D eigenvalue weighted by molar-refractivity contribution is 14.0. The van der Waals surface area contributed by atoms with Gasteiger partial charge in [-0.2, -0.15) is 0 Å². The minimum absolute atomic E-state index is 0. The molecule has 4 rings (SSSR count). The molecular weight excluding hydrogens is 445 g/mol. The number of ether oxygens (including phenoxy) is 2. The molecule has 4 aliphatic rings. The molecule has 2 aliphatic carbocycles. The number of hydrogen-bond donors (Lipinski definition) is 1. The van der Waals surface area contributed by atoms with Crippen molar-refractivity contribution in [2.75, 3.05) is 33.9 Å². The smallest absolute Gasteiger partial charge is 0.310 e. The maximum absolute atomic E-state index is 12.0. The maximum atomic E-state index is 12.0. The minimum Gasteiger partial charge on any atom is -0.469 e. The summed E-state index contributed by atoms with van der Waals surface area (Å²) in [5.74, 6) is 1.68. The zero-order valence-electron chi connectivity index (χ0n) is 16.1. The van der Waals surface area contributed by atoms with Crippen LogP contribution in [0.15, 0.2) is 4.99 Å². The highest BCUT2D eigenvalue weighted by Crippen LogP contribution is 2.60. The number of nitrogens with zero attached hydrogens (tertiary/aromatic N) is 2. The van der Waals surface area contributed by atoms with Crippen molar-refractivity contribution < 1.29 is 14.3 Å². The van der Waals surface area contributed by atoms with Crippen LogP contribution >= 0.6 is 24.0 Å². The molecule has 2 saturated heterocycles. The van der Waals surface area contributed by atoms with Gasteiger partial charge in [0.25, 0.3) is 0 Å². The Morgan fingerprint density at radius 2 is 2.04 bits per heavy atom. The Labute approximate surface area is 173 Å². The normalized spacial score (nSPS) is 37.9. The van der Waals surface area contributed by atoms with Crippen LogP contribution in [0.3, 0.4) is 0 Å². The Bertz CT molecular complexity index is 564. The molecule has 0 radical (unpaired) electrons. The first-order valence-electron chi connectivity index (χ1n) is 9.78. The van der Waals surface area contributed by atoms with E-state index >= 15 is 0 Å². The number of carbonyl (C=O) groups is 1. The molecule has 0 aromatic heterocycles. The van der Waals surface area contributed by atoms with Gasteiger partial charge in [0.15, 0.2) is 5.96 Å². The number of rotatable bonds is 2. The molecule has 0 aromatic carbocycles. The van der Waals surface area contributed by atoms with Gasteiger partial charge in [0, 0.05) is 44.1 Å². The lowest BCUT2D eigenvalue weighted by Crippen LogP contribution is -2.69. The molecule has 148 valence electrons. The Morgan fingerprint density at radius 1 is 1.31 bits per heavy atom. The molecule has 4 fully saturated rings. The van der Waals surface area contributed by atoms with Gasteiger partial charge in [0.05, 0.1) is 19.1 Å². The van der Waals surface area contributed by atoms with Gasteiger partial charge in [-0.05, 0) is 25.2 Å². The number of aliphatic imine (C=N–C) groups is 1. The van der Waals surface area contributed by atoms with Crippen LogP contribution < -0.4 is 5.32 Å². The van der Waals surface area contributed by atoms with Gasteiger partial charge in [-0.3, -0.25) is 9.79 Å². The molecule has 0 bridgehead atoms. The molecule has 2 aliphatic heterocycles. The molecule has 1 N–H and O–H groups in total. The molecule has 2 heterocycles. The highest BCUT2D eigenvalue weighted by Gasteiger charge is 2.65. The Balaban J connectivity index is 0.00000196. The van der Waals surface area contributed by atoms with Gasteiger partial charge in [0.2, 0.25) is 0 Å². The second-order valence-electron chi connectivity index (χ2n) is 8.37. The third kappa shape index (κ3) is 3.02. The van der Waals surface area contributed by atoms with E-state index in [1.165, 1.54) is 32.8 Å². The number of nitrogens with one attached hydrogen (secondary N) is 1. The van der Waals surface area contributed by atoms with Crippen LogP contribution in [-0.4, -0.2) is 62.8 Å². The van der Waals surface area contributed by atoms with Crippen LogP contribution in [-0.2, 0) is 14.3 Å². The second kappa shape index (κ2) is 7.81. The molecule has 1 spiro atoms. The third-order valence-corrected chi connectivity index (χ3v) is 7.20. The van der Waals surface area contributed by atoms with Crippen LogP contribution in [0, 0.1) is 23.2 Å². The fourth-order valence-corrected chi connectivity index (χ4v) is 5.94. The predicted molar refractivity (Wildman–Crippen MR) is 111 cm³/mol. The number of methoxy groups -OCH3 is 1. The molecule has 6 nitrogen and oxygen atoms in total. The van der Waals surface area contributed by atoms with E-state index in [0.717, 1.165) is 25.5 Å². The number of esters is 1. The van der Waals surface area contributed by atoms with Crippen molar-refractivity contribution in [1.82, 2.24) is 10.2 Å². The zero-order chi connectivity index (χ0) is 17.6. The summed E-state index contributed by atoms with van der Waals surface area (Å²) in [6, 6.07) is 0.466. The summed E-state index contributed by atoms with van der Waals surface area (Å²) < 4.78 is 11.1. The lowest BCUT2D eigenvalue weighted by molar-refractivity contribution is -0.146. The first-order chi connectivity index (χ1) is 12.1. The number of carbonyl (C=O) groups excluding carboxylic acids is 1.